The maximum absolute atomic E-state index is 10.5. The van der Waals surface area contributed by atoms with Gasteiger partial charge in [0, 0.05) is 28.3 Å². The second-order valence-corrected chi connectivity index (χ2v) is 4.96. The first-order valence-electron chi connectivity index (χ1n) is 3.39. The van der Waals surface area contributed by atoms with E-state index in [1.165, 1.54) is 28.3 Å². The van der Waals surface area contributed by atoms with E-state index in [-0.39, 0.29) is 12.2 Å². The van der Waals surface area contributed by atoms with E-state index in [2.05, 4.69) is 0 Å². The lowest BCUT2D eigenvalue weighted by Crippen LogP contribution is -2.48. The van der Waals surface area contributed by atoms with Crippen molar-refractivity contribution in [2.24, 2.45) is 0 Å². The quantitative estimate of drug-likeness (QED) is 0.454. The summed E-state index contributed by atoms with van der Waals surface area (Å²) in [6, 6.07) is 0. The molecule has 12 heavy (non-hydrogen) atoms. The van der Waals surface area contributed by atoms with Crippen LogP contribution in [0.2, 0.25) is 0 Å². The smallest absolute Gasteiger partial charge is 0.461 e. The van der Waals surface area contributed by atoms with E-state index in [4.69, 9.17) is 18.0 Å². The lowest BCUT2D eigenvalue weighted by Gasteiger charge is -2.23. The molecular formula is C6H14O5Si. The average molecular weight is 194 g/mol. The molecule has 0 amide bonds. The summed E-state index contributed by atoms with van der Waals surface area (Å²) in [5.41, 5.74) is 0. The Morgan fingerprint density at radius 2 is 1.58 bits per heavy atom. The summed E-state index contributed by atoms with van der Waals surface area (Å²) in [5, 5.41) is 0. The Kier molecular flexibility index (Phi) is 5.06. The van der Waals surface area contributed by atoms with Crippen LogP contribution in [0.3, 0.4) is 0 Å². The Labute approximate surface area is 72.9 Å². The SMILES string of the molecule is CO[Si](COC(C)=O)(OC)OC. The predicted molar refractivity (Wildman–Crippen MR) is 43.4 cm³/mol. The van der Waals surface area contributed by atoms with Crippen molar-refractivity contribution in [2.45, 2.75) is 6.92 Å². The molecule has 6 heteroatoms. The highest BCUT2D eigenvalue weighted by atomic mass is 28.4. The van der Waals surface area contributed by atoms with E-state index in [0.717, 1.165) is 0 Å². The maximum atomic E-state index is 10.5. The Balaban J connectivity index is 4.01. The lowest BCUT2D eigenvalue weighted by molar-refractivity contribution is -0.140. The fourth-order valence-electron chi connectivity index (χ4n) is 0.617. The maximum Gasteiger partial charge on any atom is 0.539 e. The molecule has 0 fully saturated rings. The molecule has 0 aliphatic carbocycles. The molecule has 0 atom stereocenters. The van der Waals surface area contributed by atoms with Crippen LogP contribution in [0.15, 0.2) is 0 Å². The summed E-state index contributed by atoms with van der Waals surface area (Å²) in [6.07, 6.45) is 0.0475. The van der Waals surface area contributed by atoms with Crippen molar-refractivity contribution in [3.05, 3.63) is 0 Å². The minimum Gasteiger partial charge on any atom is -0.461 e. The minimum atomic E-state index is -2.72. The van der Waals surface area contributed by atoms with Crippen LogP contribution < -0.4 is 0 Å². The molecule has 0 N–H and O–H groups in total. The van der Waals surface area contributed by atoms with Crippen molar-refractivity contribution in [2.75, 3.05) is 27.6 Å². The van der Waals surface area contributed by atoms with E-state index in [0.29, 0.717) is 0 Å². The summed E-state index contributed by atoms with van der Waals surface area (Å²) in [7, 11) is 1.66. The summed E-state index contributed by atoms with van der Waals surface area (Å²) in [5.74, 6) is -0.377. The van der Waals surface area contributed by atoms with Gasteiger partial charge in [-0.1, -0.05) is 0 Å². The van der Waals surface area contributed by atoms with Gasteiger partial charge in [0.15, 0.2) is 6.23 Å². The van der Waals surface area contributed by atoms with Crippen molar-refractivity contribution in [3.8, 4) is 0 Å². The van der Waals surface area contributed by atoms with Crippen molar-refractivity contribution < 1.29 is 22.8 Å². The van der Waals surface area contributed by atoms with Gasteiger partial charge in [-0.3, -0.25) is 4.79 Å². The number of ether oxygens (including phenoxy) is 1. The first-order chi connectivity index (χ1) is 5.60. The molecular weight excluding hydrogens is 180 g/mol. The van der Waals surface area contributed by atoms with Gasteiger partial charge < -0.3 is 18.0 Å². The molecule has 0 aromatic carbocycles. The Morgan fingerprint density at radius 3 is 1.83 bits per heavy atom. The van der Waals surface area contributed by atoms with Crippen molar-refractivity contribution in [1.82, 2.24) is 0 Å². The molecule has 5 nitrogen and oxygen atoms in total. The predicted octanol–water partition coefficient (Wildman–Crippen LogP) is -0.0332. The van der Waals surface area contributed by atoms with Gasteiger partial charge >= 0.3 is 14.8 Å². The van der Waals surface area contributed by atoms with Crippen LogP contribution in [0.4, 0.5) is 0 Å². The Bertz CT molecular complexity index is 137. The van der Waals surface area contributed by atoms with Gasteiger partial charge in [0.25, 0.3) is 0 Å². The Morgan fingerprint density at radius 1 is 1.17 bits per heavy atom. The number of carbonyl (C=O) groups excluding carboxylic acids is 1. The molecule has 0 spiro atoms. The van der Waals surface area contributed by atoms with Crippen LogP contribution in [0, 0.1) is 0 Å². The molecule has 0 aromatic rings. The van der Waals surface area contributed by atoms with E-state index in [1.54, 1.807) is 0 Å². The van der Waals surface area contributed by atoms with Crippen LogP contribution in [0.25, 0.3) is 0 Å². The zero-order chi connectivity index (χ0) is 9.61. The number of hydrogen-bond acceptors (Lipinski definition) is 5. The van der Waals surface area contributed by atoms with Crippen molar-refractivity contribution in [1.29, 1.82) is 0 Å². The first kappa shape index (κ1) is 11.6. The molecule has 0 saturated carbocycles. The number of hydrogen-bond donors (Lipinski definition) is 0. The third-order valence-electron chi connectivity index (χ3n) is 1.39. The summed E-state index contributed by atoms with van der Waals surface area (Å²) >= 11 is 0. The first-order valence-corrected chi connectivity index (χ1v) is 5.32. The number of esters is 1. The second-order valence-electron chi connectivity index (χ2n) is 2.08. The van der Waals surface area contributed by atoms with Gasteiger partial charge in [-0.2, -0.15) is 0 Å². The summed E-state index contributed by atoms with van der Waals surface area (Å²) in [4.78, 5) is 10.5. The van der Waals surface area contributed by atoms with Crippen LogP contribution >= 0.6 is 0 Å². The zero-order valence-corrected chi connectivity index (χ0v) is 8.75. The van der Waals surface area contributed by atoms with Gasteiger partial charge in [0.05, 0.1) is 0 Å². The molecule has 0 rings (SSSR count). The average Bonchev–Trinajstić information content (AvgIpc) is 2.08. The molecule has 0 heterocycles. The molecule has 72 valence electrons. The van der Waals surface area contributed by atoms with Gasteiger partial charge in [0.2, 0.25) is 0 Å². The normalized spacial score (nSPS) is 11.3. The monoisotopic (exact) mass is 194 g/mol. The van der Waals surface area contributed by atoms with Crippen molar-refractivity contribution in [3.63, 3.8) is 0 Å². The third-order valence-corrected chi connectivity index (χ3v) is 3.75. The highest BCUT2D eigenvalue weighted by Crippen LogP contribution is 2.05. The molecule has 0 aliphatic rings. The number of carbonyl (C=O) groups is 1. The van der Waals surface area contributed by atoms with Crippen LogP contribution in [0.1, 0.15) is 6.92 Å². The minimum absolute atomic E-state index is 0.0475. The van der Waals surface area contributed by atoms with Gasteiger partial charge in [-0.05, 0) is 0 Å². The van der Waals surface area contributed by atoms with E-state index in [1.807, 2.05) is 0 Å². The highest BCUT2D eigenvalue weighted by molar-refractivity contribution is 6.60. The van der Waals surface area contributed by atoms with E-state index < -0.39 is 8.80 Å². The van der Waals surface area contributed by atoms with Crippen LogP contribution in [-0.4, -0.2) is 42.3 Å². The van der Waals surface area contributed by atoms with Gasteiger partial charge in [0.1, 0.15) is 0 Å². The molecule has 0 bridgehead atoms. The topological polar surface area (TPSA) is 54.0 Å². The summed E-state index contributed by atoms with van der Waals surface area (Å²) in [6.45, 7) is 1.32. The summed E-state index contributed by atoms with van der Waals surface area (Å²) < 4.78 is 19.7. The standard InChI is InChI=1S/C6H14O5Si/c1-6(7)11-5-12(8-2,9-3)10-4/h5H2,1-4H3. The molecule has 0 unspecified atom stereocenters. The molecule has 0 aromatic heterocycles. The van der Waals surface area contributed by atoms with Crippen molar-refractivity contribution >= 4 is 14.8 Å². The second kappa shape index (κ2) is 5.25. The Hall–Kier alpha value is -0.433. The van der Waals surface area contributed by atoms with E-state index in [9.17, 15) is 4.79 Å². The lowest BCUT2D eigenvalue weighted by atomic mass is 10.8. The molecule has 0 saturated heterocycles. The molecule has 0 radical (unpaired) electrons. The third kappa shape index (κ3) is 3.31. The van der Waals surface area contributed by atoms with Gasteiger partial charge in [-0.25, -0.2) is 0 Å². The van der Waals surface area contributed by atoms with E-state index >= 15 is 0 Å². The zero-order valence-electron chi connectivity index (χ0n) is 7.75. The molecule has 0 aliphatic heterocycles. The van der Waals surface area contributed by atoms with Crippen LogP contribution in [0.5, 0.6) is 0 Å². The highest BCUT2D eigenvalue weighted by Gasteiger charge is 2.39. The fourth-order valence-corrected chi connectivity index (χ4v) is 1.85. The van der Waals surface area contributed by atoms with Gasteiger partial charge in [-0.15, -0.1) is 0 Å². The van der Waals surface area contributed by atoms with Crippen LogP contribution in [-0.2, 0) is 22.8 Å². The number of rotatable bonds is 5. The fraction of sp³-hybridized carbons (Fsp3) is 0.833. The largest absolute Gasteiger partial charge is 0.539 e.